The lowest BCUT2D eigenvalue weighted by molar-refractivity contribution is 0.111. The van der Waals surface area contributed by atoms with E-state index >= 15 is 0 Å². The van der Waals surface area contributed by atoms with Gasteiger partial charge in [-0.05, 0) is 24.8 Å². The molecule has 0 aliphatic carbocycles. The minimum Gasteiger partial charge on any atom is -0.311 e. The van der Waals surface area contributed by atoms with Gasteiger partial charge in [-0.2, -0.15) is 5.10 Å². The highest BCUT2D eigenvalue weighted by atomic mass is 15.3. The summed E-state index contributed by atoms with van der Waals surface area (Å²) in [6, 6.07) is 3.50. The first-order valence-electron chi connectivity index (χ1n) is 8.54. The van der Waals surface area contributed by atoms with Gasteiger partial charge in [-0.3, -0.25) is 9.58 Å². The molecule has 1 N–H and O–H groups in total. The van der Waals surface area contributed by atoms with Crippen LogP contribution in [0.25, 0.3) is 0 Å². The van der Waals surface area contributed by atoms with E-state index in [0.29, 0.717) is 12.1 Å². The zero-order chi connectivity index (χ0) is 15.2. The van der Waals surface area contributed by atoms with E-state index in [9.17, 15) is 0 Å². The Bertz CT molecular complexity index is 413. The molecular formula is C17H32N4. The van der Waals surface area contributed by atoms with Crippen LogP contribution in [0, 0.1) is 5.92 Å². The van der Waals surface area contributed by atoms with E-state index in [1.807, 2.05) is 17.9 Å². The Kier molecular flexibility index (Phi) is 6.24. The van der Waals surface area contributed by atoms with Crippen molar-refractivity contribution < 1.29 is 0 Å². The Morgan fingerprint density at radius 2 is 2.24 bits per heavy atom. The second-order valence-electron chi connectivity index (χ2n) is 6.87. The summed E-state index contributed by atoms with van der Waals surface area (Å²) in [7, 11) is 2.04. The Labute approximate surface area is 129 Å². The first kappa shape index (κ1) is 16.5. The predicted molar refractivity (Wildman–Crippen MR) is 88.4 cm³/mol. The second kappa shape index (κ2) is 7.95. The second-order valence-corrected chi connectivity index (χ2v) is 6.87. The SMILES string of the molecule is CCCC1CN(CCc2ccnn2C)C(CC(C)C)CN1. The zero-order valence-corrected chi connectivity index (χ0v) is 14.2. The molecule has 1 fully saturated rings. The standard InChI is InChI=1S/C17H32N4/c1-5-6-15-13-21(17(12-18-15)11-14(2)3)10-8-16-7-9-19-20(16)4/h7,9,14-15,17-18H,5-6,8,10-13H2,1-4H3. The van der Waals surface area contributed by atoms with Gasteiger partial charge in [-0.15, -0.1) is 0 Å². The maximum absolute atomic E-state index is 4.28. The van der Waals surface area contributed by atoms with E-state index in [0.717, 1.165) is 25.4 Å². The normalized spacial score (nSPS) is 23.9. The van der Waals surface area contributed by atoms with E-state index in [1.165, 1.54) is 31.5 Å². The van der Waals surface area contributed by atoms with Gasteiger partial charge in [0.2, 0.25) is 0 Å². The van der Waals surface area contributed by atoms with E-state index in [-0.39, 0.29) is 0 Å². The van der Waals surface area contributed by atoms with Gasteiger partial charge in [0.1, 0.15) is 0 Å². The minimum absolute atomic E-state index is 0.671. The van der Waals surface area contributed by atoms with Gasteiger partial charge in [-0.25, -0.2) is 0 Å². The highest BCUT2D eigenvalue weighted by molar-refractivity contribution is 5.01. The van der Waals surface area contributed by atoms with E-state index < -0.39 is 0 Å². The maximum atomic E-state index is 4.28. The van der Waals surface area contributed by atoms with Crippen LogP contribution in [0.2, 0.25) is 0 Å². The fourth-order valence-corrected chi connectivity index (χ4v) is 3.43. The van der Waals surface area contributed by atoms with Gasteiger partial charge in [0, 0.05) is 57.1 Å². The van der Waals surface area contributed by atoms with Crippen LogP contribution in [0.5, 0.6) is 0 Å². The zero-order valence-electron chi connectivity index (χ0n) is 14.2. The van der Waals surface area contributed by atoms with Crippen LogP contribution in [-0.4, -0.2) is 46.4 Å². The summed E-state index contributed by atoms with van der Waals surface area (Å²) in [6.07, 6.45) is 6.85. The highest BCUT2D eigenvalue weighted by Gasteiger charge is 2.27. The third-order valence-corrected chi connectivity index (χ3v) is 4.57. The van der Waals surface area contributed by atoms with Gasteiger partial charge in [0.25, 0.3) is 0 Å². The van der Waals surface area contributed by atoms with Crippen molar-refractivity contribution in [1.29, 1.82) is 0 Å². The molecule has 0 radical (unpaired) electrons. The summed E-state index contributed by atoms with van der Waals surface area (Å²) in [5.74, 6) is 0.763. The summed E-state index contributed by atoms with van der Waals surface area (Å²) in [6.45, 7) is 10.4. The first-order valence-corrected chi connectivity index (χ1v) is 8.54. The minimum atomic E-state index is 0.671. The molecule has 2 heterocycles. The third-order valence-electron chi connectivity index (χ3n) is 4.57. The lowest BCUT2D eigenvalue weighted by Crippen LogP contribution is -2.57. The number of aryl methyl sites for hydroxylation is 1. The molecule has 1 aliphatic heterocycles. The Morgan fingerprint density at radius 3 is 2.86 bits per heavy atom. The average molecular weight is 292 g/mol. The quantitative estimate of drug-likeness (QED) is 0.838. The number of piperazine rings is 1. The summed E-state index contributed by atoms with van der Waals surface area (Å²) in [5, 5.41) is 8.03. The van der Waals surface area contributed by atoms with Crippen molar-refractivity contribution in [2.75, 3.05) is 19.6 Å². The van der Waals surface area contributed by atoms with E-state index in [4.69, 9.17) is 0 Å². The van der Waals surface area contributed by atoms with Crippen LogP contribution in [-0.2, 0) is 13.5 Å². The van der Waals surface area contributed by atoms with Crippen molar-refractivity contribution in [2.45, 2.75) is 58.5 Å². The van der Waals surface area contributed by atoms with Crippen molar-refractivity contribution in [3.8, 4) is 0 Å². The van der Waals surface area contributed by atoms with Gasteiger partial charge in [-0.1, -0.05) is 27.2 Å². The third kappa shape index (κ3) is 4.82. The lowest BCUT2D eigenvalue weighted by Gasteiger charge is -2.41. The van der Waals surface area contributed by atoms with Gasteiger partial charge >= 0.3 is 0 Å². The molecule has 2 atom stereocenters. The average Bonchev–Trinajstić information content (AvgIpc) is 2.84. The Hall–Kier alpha value is -0.870. The van der Waals surface area contributed by atoms with Crippen LogP contribution in [0.1, 0.15) is 45.7 Å². The Morgan fingerprint density at radius 1 is 1.43 bits per heavy atom. The van der Waals surface area contributed by atoms with Crippen molar-refractivity contribution in [2.24, 2.45) is 13.0 Å². The van der Waals surface area contributed by atoms with E-state index in [2.05, 4.69) is 42.2 Å². The molecule has 1 aromatic rings. The molecule has 1 aromatic heterocycles. The number of rotatable bonds is 7. The molecule has 0 bridgehead atoms. The molecule has 2 rings (SSSR count). The predicted octanol–water partition coefficient (Wildman–Crippen LogP) is 2.45. The molecule has 1 aliphatic rings. The number of hydrogen-bond acceptors (Lipinski definition) is 3. The summed E-state index contributed by atoms with van der Waals surface area (Å²) >= 11 is 0. The first-order chi connectivity index (χ1) is 10.1. The maximum Gasteiger partial charge on any atom is 0.0492 e. The molecule has 2 unspecified atom stereocenters. The van der Waals surface area contributed by atoms with Gasteiger partial charge < -0.3 is 5.32 Å². The number of nitrogens with zero attached hydrogens (tertiary/aromatic N) is 3. The molecule has 4 nitrogen and oxygen atoms in total. The molecule has 4 heteroatoms. The fourth-order valence-electron chi connectivity index (χ4n) is 3.43. The molecule has 0 amide bonds. The van der Waals surface area contributed by atoms with Crippen LogP contribution < -0.4 is 5.32 Å². The largest absolute Gasteiger partial charge is 0.311 e. The fraction of sp³-hybridized carbons (Fsp3) is 0.824. The van der Waals surface area contributed by atoms with Crippen molar-refractivity contribution in [3.63, 3.8) is 0 Å². The Balaban J connectivity index is 1.93. The number of hydrogen-bond donors (Lipinski definition) is 1. The molecule has 1 saturated heterocycles. The summed E-state index contributed by atoms with van der Waals surface area (Å²) < 4.78 is 2.00. The molecule has 0 spiro atoms. The van der Waals surface area contributed by atoms with E-state index in [1.54, 1.807) is 0 Å². The summed E-state index contributed by atoms with van der Waals surface area (Å²) in [5.41, 5.74) is 1.34. The van der Waals surface area contributed by atoms with Crippen LogP contribution >= 0.6 is 0 Å². The highest BCUT2D eigenvalue weighted by Crippen LogP contribution is 2.17. The molecule has 0 saturated carbocycles. The topological polar surface area (TPSA) is 33.1 Å². The molecular weight excluding hydrogens is 260 g/mol. The van der Waals surface area contributed by atoms with Gasteiger partial charge in [0.05, 0.1) is 0 Å². The molecule has 0 aromatic carbocycles. The van der Waals surface area contributed by atoms with Crippen LogP contribution in [0.15, 0.2) is 12.3 Å². The number of nitrogens with one attached hydrogen (secondary N) is 1. The smallest absolute Gasteiger partial charge is 0.0492 e. The lowest BCUT2D eigenvalue weighted by atomic mass is 9.97. The van der Waals surface area contributed by atoms with Crippen molar-refractivity contribution >= 4 is 0 Å². The molecule has 21 heavy (non-hydrogen) atoms. The van der Waals surface area contributed by atoms with Gasteiger partial charge in [0.15, 0.2) is 0 Å². The van der Waals surface area contributed by atoms with Crippen LogP contribution in [0.3, 0.4) is 0 Å². The van der Waals surface area contributed by atoms with Crippen LogP contribution in [0.4, 0.5) is 0 Å². The number of aromatic nitrogens is 2. The summed E-state index contributed by atoms with van der Waals surface area (Å²) in [4.78, 5) is 2.71. The van der Waals surface area contributed by atoms with Crippen molar-refractivity contribution in [1.82, 2.24) is 20.0 Å². The van der Waals surface area contributed by atoms with Crippen molar-refractivity contribution in [3.05, 3.63) is 18.0 Å². The molecule has 120 valence electrons. The monoisotopic (exact) mass is 292 g/mol.